The van der Waals surface area contributed by atoms with Crippen LogP contribution in [-0.4, -0.2) is 10.9 Å². The number of hydrogen-bond acceptors (Lipinski definition) is 4. The van der Waals surface area contributed by atoms with Crippen molar-refractivity contribution in [1.29, 1.82) is 0 Å². The summed E-state index contributed by atoms with van der Waals surface area (Å²) in [5.41, 5.74) is 1.99. The van der Waals surface area contributed by atoms with Gasteiger partial charge < -0.3 is 10.1 Å². The molecule has 1 N–H and O–H groups in total. The Hall–Kier alpha value is -2.66. The minimum Gasteiger partial charge on any atom is -0.439 e. The molecular weight excluding hydrogens is 320 g/mol. The molecule has 3 aromatic rings. The van der Waals surface area contributed by atoms with Crippen molar-refractivity contribution < 1.29 is 9.53 Å². The van der Waals surface area contributed by atoms with Gasteiger partial charge >= 0.3 is 0 Å². The molecule has 0 unspecified atom stereocenters. The van der Waals surface area contributed by atoms with Gasteiger partial charge in [-0.3, -0.25) is 4.79 Å². The van der Waals surface area contributed by atoms with Crippen molar-refractivity contribution in [2.75, 3.05) is 5.32 Å². The molecule has 0 spiro atoms. The number of carbonyl (C=O) groups excluding carboxylic acids is 1. The number of thiophene rings is 1. The van der Waals surface area contributed by atoms with E-state index in [0.29, 0.717) is 11.6 Å². The fourth-order valence-electron chi connectivity index (χ4n) is 2.76. The third-order valence-corrected chi connectivity index (χ3v) is 5.17. The summed E-state index contributed by atoms with van der Waals surface area (Å²) in [6, 6.07) is 15.0. The number of rotatable bonds is 4. The summed E-state index contributed by atoms with van der Waals surface area (Å²) in [6.07, 6.45) is 5.00. The normalized spacial score (nSPS) is 12.7. The Balaban J connectivity index is 1.42. The Morgan fingerprint density at radius 1 is 1.12 bits per heavy atom. The van der Waals surface area contributed by atoms with Gasteiger partial charge in [0.1, 0.15) is 5.75 Å². The lowest BCUT2D eigenvalue weighted by Crippen LogP contribution is -2.10. The molecule has 120 valence electrons. The number of pyridine rings is 1. The second-order valence-electron chi connectivity index (χ2n) is 5.67. The second-order valence-corrected chi connectivity index (χ2v) is 6.80. The zero-order valence-corrected chi connectivity index (χ0v) is 13.8. The van der Waals surface area contributed by atoms with E-state index < -0.39 is 0 Å². The molecule has 0 fully saturated rings. The topological polar surface area (TPSA) is 51.2 Å². The maximum atomic E-state index is 12.3. The van der Waals surface area contributed by atoms with Crippen molar-refractivity contribution in [3.63, 3.8) is 0 Å². The molecule has 0 saturated heterocycles. The molecule has 5 heteroatoms. The van der Waals surface area contributed by atoms with Gasteiger partial charge in [-0.25, -0.2) is 4.98 Å². The summed E-state index contributed by atoms with van der Waals surface area (Å²) in [4.78, 5) is 18.7. The molecule has 0 aliphatic heterocycles. The predicted octanol–water partition coefficient (Wildman–Crippen LogP) is 4.68. The van der Waals surface area contributed by atoms with Gasteiger partial charge in [0.05, 0.1) is 16.8 Å². The maximum Gasteiger partial charge on any atom is 0.265 e. The van der Waals surface area contributed by atoms with Crippen molar-refractivity contribution >= 4 is 22.9 Å². The number of amides is 1. The molecule has 0 bridgehead atoms. The van der Waals surface area contributed by atoms with Crippen molar-refractivity contribution in [2.24, 2.45) is 0 Å². The number of anilines is 1. The molecule has 0 radical (unpaired) electrons. The van der Waals surface area contributed by atoms with Crippen molar-refractivity contribution in [3.05, 3.63) is 70.0 Å². The van der Waals surface area contributed by atoms with Crippen LogP contribution in [0, 0.1) is 0 Å². The number of aryl methyl sites for hydroxylation is 2. The number of fused-ring (bicyclic) bond motifs is 1. The van der Waals surface area contributed by atoms with Gasteiger partial charge in [-0.1, -0.05) is 18.2 Å². The van der Waals surface area contributed by atoms with E-state index in [-0.39, 0.29) is 5.91 Å². The van der Waals surface area contributed by atoms with Crippen LogP contribution in [-0.2, 0) is 12.8 Å². The van der Waals surface area contributed by atoms with Gasteiger partial charge in [-0.2, -0.15) is 0 Å². The van der Waals surface area contributed by atoms with Crippen molar-refractivity contribution in [1.82, 2.24) is 4.98 Å². The van der Waals surface area contributed by atoms with E-state index >= 15 is 0 Å². The lowest BCUT2D eigenvalue weighted by atomic mass is 10.2. The molecule has 1 aliphatic rings. The van der Waals surface area contributed by atoms with Crippen molar-refractivity contribution in [3.8, 4) is 11.6 Å². The van der Waals surface area contributed by atoms with E-state index in [4.69, 9.17) is 4.74 Å². The summed E-state index contributed by atoms with van der Waals surface area (Å²) in [5.74, 6) is 1.15. The Bertz CT molecular complexity index is 835. The quantitative estimate of drug-likeness (QED) is 0.753. The van der Waals surface area contributed by atoms with Crippen LogP contribution in [0.5, 0.6) is 11.6 Å². The molecule has 1 amide bonds. The summed E-state index contributed by atoms with van der Waals surface area (Å²) in [6.45, 7) is 0. The van der Waals surface area contributed by atoms with Crippen LogP contribution in [0.4, 0.5) is 5.69 Å². The van der Waals surface area contributed by atoms with Crippen LogP contribution < -0.4 is 10.1 Å². The number of ether oxygens (including phenoxy) is 1. The lowest BCUT2D eigenvalue weighted by molar-refractivity contribution is 0.103. The van der Waals surface area contributed by atoms with Gasteiger partial charge in [-0.05, 0) is 49.1 Å². The molecule has 24 heavy (non-hydrogen) atoms. The first-order valence-electron chi connectivity index (χ1n) is 7.90. The smallest absolute Gasteiger partial charge is 0.265 e. The average Bonchev–Trinajstić information content (AvgIpc) is 3.19. The third-order valence-electron chi connectivity index (χ3n) is 3.93. The zero-order valence-electron chi connectivity index (χ0n) is 13.0. The first kappa shape index (κ1) is 14.9. The lowest BCUT2D eigenvalue weighted by Gasteiger charge is -2.06. The standard InChI is InChI=1S/C19H16N2O2S/c22-19(17-11-13-5-4-8-16(13)24-17)21-14-9-10-18(20-12-14)23-15-6-2-1-3-7-15/h1-3,6-7,9-12H,4-5,8H2,(H,21,22). The van der Waals surface area contributed by atoms with Crippen LogP contribution in [0.25, 0.3) is 0 Å². The highest BCUT2D eigenvalue weighted by Gasteiger charge is 2.18. The largest absolute Gasteiger partial charge is 0.439 e. The second kappa shape index (κ2) is 6.45. The van der Waals surface area contributed by atoms with Crippen LogP contribution in [0.15, 0.2) is 54.7 Å². The maximum absolute atomic E-state index is 12.3. The number of para-hydroxylation sites is 1. The number of nitrogens with one attached hydrogen (secondary N) is 1. The number of carbonyl (C=O) groups is 1. The molecule has 2 aromatic heterocycles. The molecule has 1 aromatic carbocycles. The molecule has 0 saturated carbocycles. The van der Waals surface area contributed by atoms with Crippen LogP contribution >= 0.6 is 11.3 Å². The summed E-state index contributed by atoms with van der Waals surface area (Å²) >= 11 is 1.60. The van der Waals surface area contributed by atoms with E-state index in [2.05, 4.69) is 10.3 Å². The van der Waals surface area contributed by atoms with Gasteiger partial charge in [0.25, 0.3) is 5.91 Å². The van der Waals surface area contributed by atoms with Crippen LogP contribution in [0.3, 0.4) is 0 Å². The third kappa shape index (κ3) is 3.16. The van der Waals surface area contributed by atoms with Crippen molar-refractivity contribution in [2.45, 2.75) is 19.3 Å². The van der Waals surface area contributed by atoms with Gasteiger partial charge in [0.2, 0.25) is 5.88 Å². The Morgan fingerprint density at radius 2 is 2.00 bits per heavy atom. The van der Waals surface area contributed by atoms with E-state index in [1.807, 2.05) is 36.4 Å². The SMILES string of the molecule is O=C(Nc1ccc(Oc2ccccc2)nc1)c1cc2c(s1)CCC2. The minimum atomic E-state index is -0.0760. The van der Waals surface area contributed by atoms with Crippen LogP contribution in [0.2, 0.25) is 0 Å². The summed E-state index contributed by atoms with van der Waals surface area (Å²) in [5, 5.41) is 2.89. The Kier molecular flexibility index (Phi) is 4.01. The molecule has 2 heterocycles. The van der Waals surface area contributed by atoms with Gasteiger partial charge in [-0.15, -0.1) is 11.3 Å². The number of hydrogen-bond donors (Lipinski definition) is 1. The minimum absolute atomic E-state index is 0.0760. The highest BCUT2D eigenvalue weighted by atomic mass is 32.1. The fourth-order valence-corrected chi connectivity index (χ4v) is 3.91. The molecule has 0 atom stereocenters. The molecule has 1 aliphatic carbocycles. The van der Waals surface area contributed by atoms with E-state index in [0.717, 1.165) is 23.5 Å². The van der Waals surface area contributed by atoms with Crippen LogP contribution in [0.1, 0.15) is 26.5 Å². The Labute approximate surface area is 144 Å². The van der Waals surface area contributed by atoms with Gasteiger partial charge in [0.15, 0.2) is 0 Å². The highest BCUT2D eigenvalue weighted by molar-refractivity contribution is 7.14. The molecular formula is C19H16N2O2S. The number of benzene rings is 1. The molecule has 4 rings (SSSR count). The monoisotopic (exact) mass is 336 g/mol. The number of nitrogens with zero attached hydrogens (tertiary/aromatic N) is 1. The molecule has 4 nitrogen and oxygen atoms in total. The van der Waals surface area contributed by atoms with Gasteiger partial charge in [0, 0.05) is 10.9 Å². The zero-order chi connectivity index (χ0) is 16.4. The number of aromatic nitrogens is 1. The predicted molar refractivity (Wildman–Crippen MR) is 95.1 cm³/mol. The first-order chi connectivity index (χ1) is 11.8. The van der Waals surface area contributed by atoms with E-state index in [1.165, 1.54) is 16.9 Å². The summed E-state index contributed by atoms with van der Waals surface area (Å²) in [7, 11) is 0. The van der Waals surface area contributed by atoms with E-state index in [1.54, 1.807) is 29.7 Å². The highest BCUT2D eigenvalue weighted by Crippen LogP contribution is 2.31. The average molecular weight is 336 g/mol. The Morgan fingerprint density at radius 3 is 2.75 bits per heavy atom. The fraction of sp³-hybridized carbons (Fsp3) is 0.158. The van der Waals surface area contributed by atoms with E-state index in [9.17, 15) is 4.79 Å². The first-order valence-corrected chi connectivity index (χ1v) is 8.71. The summed E-state index contributed by atoms with van der Waals surface area (Å²) < 4.78 is 5.64.